The molecular weight excluding hydrogens is 419 g/mol. The van der Waals surface area contributed by atoms with E-state index in [0.29, 0.717) is 27.9 Å². The van der Waals surface area contributed by atoms with Crippen LogP contribution in [0.15, 0.2) is 52.3 Å². The van der Waals surface area contributed by atoms with Crippen molar-refractivity contribution in [2.75, 3.05) is 5.32 Å². The fraction of sp³-hybridized carbons (Fsp3) is 0.150. The van der Waals surface area contributed by atoms with Crippen molar-refractivity contribution < 1.29 is 27.2 Å². The van der Waals surface area contributed by atoms with Crippen LogP contribution in [0.5, 0.6) is 0 Å². The van der Waals surface area contributed by atoms with Crippen molar-refractivity contribution in [3.63, 3.8) is 0 Å². The number of benzene rings is 1. The van der Waals surface area contributed by atoms with Crippen molar-refractivity contribution in [3.8, 4) is 11.5 Å². The Hall–Kier alpha value is -3.40. The number of halogens is 3. The van der Waals surface area contributed by atoms with E-state index in [2.05, 4.69) is 15.6 Å². The summed E-state index contributed by atoms with van der Waals surface area (Å²) in [6.45, 7) is 1.67. The first-order valence-electron chi connectivity index (χ1n) is 8.66. The zero-order chi connectivity index (χ0) is 21.7. The Morgan fingerprint density at radius 2 is 1.90 bits per heavy atom. The Morgan fingerprint density at radius 1 is 1.17 bits per heavy atom. The first-order chi connectivity index (χ1) is 14.2. The van der Waals surface area contributed by atoms with Crippen LogP contribution in [-0.4, -0.2) is 16.8 Å². The van der Waals surface area contributed by atoms with Gasteiger partial charge in [-0.05, 0) is 35.9 Å². The lowest BCUT2D eigenvalue weighted by atomic mass is 10.1. The van der Waals surface area contributed by atoms with Crippen LogP contribution in [0, 0.1) is 0 Å². The Bertz CT molecular complexity index is 1070. The van der Waals surface area contributed by atoms with Gasteiger partial charge in [0.1, 0.15) is 11.5 Å². The number of furan rings is 1. The first-order valence-corrected chi connectivity index (χ1v) is 9.54. The smallest absolute Gasteiger partial charge is 0.416 e. The maximum absolute atomic E-state index is 12.6. The molecule has 2 amide bonds. The Kier molecular flexibility index (Phi) is 6.36. The Morgan fingerprint density at radius 3 is 2.57 bits per heavy atom. The van der Waals surface area contributed by atoms with Crippen LogP contribution in [0.3, 0.4) is 0 Å². The molecule has 2 N–H and O–H groups in total. The van der Waals surface area contributed by atoms with E-state index < -0.39 is 17.6 Å². The molecule has 0 radical (unpaired) electrons. The van der Waals surface area contributed by atoms with Crippen molar-refractivity contribution in [2.24, 2.45) is 0 Å². The highest BCUT2D eigenvalue weighted by molar-refractivity contribution is 7.14. The molecule has 2 aromatic heterocycles. The van der Waals surface area contributed by atoms with E-state index in [1.807, 2.05) is 0 Å². The summed E-state index contributed by atoms with van der Waals surface area (Å²) in [5.41, 5.74) is 0.230. The van der Waals surface area contributed by atoms with Gasteiger partial charge in [0, 0.05) is 18.4 Å². The van der Waals surface area contributed by atoms with E-state index in [4.69, 9.17) is 4.42 Å². The van der Waals surface area contributed by atoms with E-state index in [0.717, 1.165) is 12.1 Å². The minimum absolute atomic E-state index is 0.170. The predicted octanol–water partition coefficient (Wildman–Crippen LogP) is 4.71. The summed E-state index contributed by atoms with van der Waals surface area (Å²) >= 11 is 1.19. The fourth-order valence-corrected chi connectivity index (χ4v) is 3.07. The number of amides is 2. The fourth-order valence-electron chi connectivity index (χ4n) is 2.37. The monoisotopic (exact) mass is 435 g/mol. The molecule has 156 valence electrons. The standard InChI is InChI=1S/C20H16F3N3O3S/c1-12(27)24-10-15-7-8-17(29-15)16-11-30-19(25-16)26-18(28)9-4-13-2-5-14(6-3-13)20(21,22)23/h2-9,11H,10H2,1H3,(H,24,27)(H,25,26,28)/b9-4+. The van der Waals surface area contributed by atoms with Crippen molar-refractivity contribution in [1.29, 1.82) is 0 Å². The molecule has 0 saturated heterocycles. The average molecular weight is 435 g/mol. The van der Waals surface area contributed by atoms with Crippen LogP contribution in [-0.2, 0) is 22.3 Å². The van der Waals surface area contributed by atoms with E-state index >= 15 is 0 Å². The molecule has 6 nitrogen and oxygen atoms in total. The van der Waals surface area contributed by atoms with E-state index in [9.17, 15) is 22.8 Å². The number of alkyl halides is 3. The molecule has 0 fully saturated rings. The van der Waals surface area contributed by atoms with Crippen LogP contribution >= 0.6 is 11.3 Å². The third-order valence-corrected chi connectivity index (χ3v) is 4.58. The van der Waals surface area contributed by atoms with Gasteiger partial charge in [0.15, 0.2) is 10.9 Å². The summed E-state index contributed by atoms with van der Waals surface area (Å²) < 4.78 is 43.3. The third kappa shape index (κ3) is 5.80. The van der Waals surface area contributed by atoms with Crippen molar-refractivity contribution >= 4 is 34.4 Å². The highest BCUT2D eigenvalue weighted by Gasteiger charge is 2.29. The van der Waals surface area contributed by atoms with Gasteiger partial charge in [0.25, 0.3) is 0 Å². The van der Waals surface area contributed by atoms with Crippen LogP contribution in [0.4, 0.5) is 18.3 Å². The number of nitrogens with one attached hydrogen (secondary N) is 2. The van der Waals surface area contributed by atoms with Gasteiger partial charge in [-0.1, -0.05) is 12.1 Å². The highest BCUT2D eigenvalue weighted by Crippen LogP contribution is 2.29. The number of aromatic nitrogens is 1. The van der Waals surface area contributed by atoms with Crippen molar-refractivity contribution in [3.05, 3.63) is 64.7 Å². The molecule has 0 atom stereocenters. The maximum Gasteiger partial charge on any atom is 0.416 e. The van der Waals surface area contributed by atoms with Gasteiger partial charge in [-0.15, -0.1) is 11.3 Å². The summed E-state index contributed by atoms with van der Waals surface area (Å²) in [5.74, 6) is 0.420. The predicted molar refractivity (Wildman–Crippen MR) is 106 cm³/mol. The van der Waals surface area contributed by atoms with Gasteiger partial charge in [0.2, 0.25) is 11.8 Å². The van der Waals surface area contributed by atoms with Gasteiger partial charge in [0.05, 0.1) is 12.1 Å². The number of hydrogen-bond donors (Lipinski definition) is 2. The number of anilines is 1. The van der Waals surface area contributed by atoms with Crippen LogP contribution < -0.4 is 10.6 Å². The van der Waals surface area contributed by atoms with Gasteiger partial charge in [-0.25, -0.2) is 4.98 Å². The molecule has 10 heteroatoms. The summed E-state index contributed by atoms with van der Waals surface area (Å²) in [6, 6.07) is 7.90. The lowest BCUT2D eigenvalue weighted by Crippen LogP contribution is -2.18. The summed E-state index contributed by atoms with van der Waals surface area (Å²) in [4.78, 5) is 27.2. The van der Waals surface area contributed by atoms with E-state index in [1.165, 1.54) is 42.5 Å². The molecule has 0 bridgehead atoms. The molecule has 0 aliphatic carbocycles. The average Bonchev–Trinajstić information content (AvgIpc) is 3.33. The SMILES string of the molecule is CC(=O)NCc1ccc(-c2csc(NC(=O)/C=C/c3ccc(C(F)(F)F)cc3)n2)o1. The minimum atomic E-state index is -4.40. The molecule has 3 rings (SSSR count). The summed E-state index contributed by atoms with van der Waals surface area (Å²) in [5, 5.41) is 7.26. The van der Waals surface area contributed by atoms with Crippen LogP contribution in [0.2, 0.25) is 0 Å². The molecule has 2 heterocycles. The normalized spacial score (nSPS) is 11.6. The molecule has 0 unspecified atom stereocenters. The molecular formula is C20H16F3N3O3S. The summed E-state index contributed by atoms with van der Waals surface area (Å²) in [6.07, 6.45) is -1.78. The second-order valence-electron chi connectivity index (χ2n) is 6.16. The molecule has 0 spiro atoms. The van der Waals surface area contributed by atoms with Crippen LogP contribution in [0.1, 0.15) is 23.8 Å². The lowest BCUT2D eigenvalue weighted by molar-refractivity contribution is -0.137. The zero-order valence-electron chi connectivity index (χ0n) is 15.6. The lowest BCUT2D eigenvalue weighted by Gasteiger charge is -2.05. The second-order valence-corrected chi connectivity index (χ2v) is 7.01. The Balaban J connectivity index is 1.58. The van der Waals surface area contributed by atoms with Gasteiger partial charge >= 0.3 is 6.18 Å². The number of carbonyl (C=O) groups is 2. The summed E-state index contributed by atoms with van der Waals surface area (Å²) in [7, 11) is 0. The number of carbonyl (C=O) groups excluding carboxylic acids is 2. The van der Waals surface area contributed by atoms with E-state index in [-0.39, 0.29) is 12.5 Å². The van der Waals surface area contributed by atoms with Gasteiger partial charge in [-0.2, -0.15) is 13.2 Å². The third-order valence-electron chi connectivity index (χ3n) is 3.83. The van der Waals surface area contributed by atoms with E-state index in [1.54, 1.807) is 17.5 Å². The topological polar surface area (TPSA) is 84.2 Å². The molecule has 0 aliphatic rings. The zero-order valence-corrected chi connectivity index (χ0v) is 16.4. The molecule has 30 heavy (non-hydrogen) atoms. The molecule has 3 aromatic rings. The van der Waals surface area contributed by atoms with Crippen molar-refractivity contribution in [1.82, 2.24) is 10.3 Å². The highest BCUT2D eigenvalue weighted by atomic mass is 32.1. The number of nitrogens with zero attached hydrogens (tertiary/aromatic N) is 1. The molecule has 1 aromatic carbocycles. The van der Waals surface area contributed by atoms with Gasteiger partial charge in [-0.3, -0.25) is 14.9 Å². The Labute approximate surface area is 173 Å². The molecule has 0 aliphatic heterocycles. The van der Waals surface area contributed by atoms with Crippen molar-refractivity contribution in [2.45, 2.75) is 19.6 Å². The first kappa shape index (κ1) is 21.3. The second kappa shape index (κ2) is 8.95. The minimum Gasteiger partial charge on any atom is -0.458 e. The molecule has 0 saturated carbocycles. The van der Waals surface area contributed by atoms with Gasteiger partial charge < -0.3 is 9.73 Å². The van der Waals surface area contributed by atoms with Crippen LogP contribution in [0.25, 0.3) is 17.5 Å². The largest absolute Gasteiger partial charge is 0.458 e. The maximum atomic E-state index is 12.6. The quantitative estimate of drug-likeness (QED) is 0.550. The number of hydrogen-bond acceptors (Lipinski definition) is 5. The number of thiazole rings is 1. The number of rotatable bonds is 6.